The lowest BCUT2D eigenvalue weighted by atomic mass is 9.92. The highest BCUT2D eigenvalue weighted by atomic mass is 28.3. The summed E-state index contributed by atoms with van der Waals surface area (Å²) in [6.45, 7) is 4.99. The number of nitrogens with one attached hydrogen (secondary N) is 1. The van der Waals surface area contributed by atoms with Crippen LogP contribution in [-0.4, -0.2) is 12.6 Å². The summed E-state index contributed by atoms with van der Waals surface area (Å²) in [4.78, 5) is 2.32. The zero-order chi connectivity index (χ0) is 43.7. The highest BCUT2D eigenvalue weighted by molar-refractivity contribution is 7.04. The molecule has 1 aromatic heterocycles. The Hall–Kier alpha value is -8.12. The monoisotopic (exact) mass is 861 g/mol. The second kappa shape index (κ2) is 13.9. The molecule has 10 aromatic carbocycles. The lowest BCUT2D eigenvalue weighted by Gasteiger charge is -2.34. The minimum absolute atomic E-state index is 0.0231. The smallest absolute Gasteiger partial charge is 0.152 e. The van der Waals surface area contributed by atoms with Gasteiger partial charge in [0, 0.05) is 22.1 Å². The number of para-hydroxylation sites is 2. The molecular weight excluding hydrogens is 819 g/mol. The first kappa shape index (κ1) is 37.3. The number of hydrogen-bond acceptors (Lipinski definition) is 3. The molecular formula is C61H43N3OSi. The van der Waals surface area contributed by atoms with Crippen molar-refractivity contribution < 1.29 is 4.74 Å². The first-order chi connectivity index (χ1) is 32.4. The van der Waals surface area contributed by atoms with E-state index in [2.05, 4.69) is 234 Å². The third-order valence-electron chi connectivity index (χ3n) is 14.6. The van der Waals surface area contributed by atoms with E-state index in [9.17, 15) is 0 Å². The summed E-state index contributed by atoms with van der Waals surface area (Å²) in [5.74, 6) is 1.65. The van der Waals surface area contributed by atoms with Gasteiger partial charge < -0.3 is 19.5 Å². The van der Waals surface area contributed by atoms with Gasteiger partial charge in [-0.2, -0.15) is 0 Å². The van der Waals surface area contributed by atoms with E-state index in [1.165, 1.54) is 65.6 Å². The normalized spacial score (nSPS) is 15.2. The Labute approximate surface area is 384 Å². The van der Waals surface area contributed by atoms with Gasteiger partial charge in [0.15, 0.2) is 11.5 Å². The van der Waals surface area contributed by atoms with Gasteiger partial charge in [-0.25, -0.2) is 0 Å². The number of aromatic nitrogens is 1. The Morgan fingerprint density at radius 1 is 0.485 bits per heavy atom. The first-order valence-electron chi connectivity index (χ1n) is 22.9. The molecule has 14 rings (SSSR count). The van der Waals surface area contributed by atoms with Gasteiger partial charge in [-0.15, -0.1) is 0 Å². The van der Waals surface area contributed by atoms with E-state index in [4.69, 9.17) is 4.74 Å². The molecule has 3 aliphatic heterocycles. The Morgan fingerprint density at radius 3 is 2.12 bits per heavy atom. The van der Waals surface area contributed by atoms with Crippen LogP contribution in [-0.2, 0) is 0 Å². The van der Waals surface area contributed by atoms with Crippen LogP contribution in [0, 0.1) is 0 Å². The average Bonchev–Trinajstić information content (AvgIpc) is 3.81. The Balaban J connectivity index is 0.858. The lowest BCUT2D eigenvalue weighted by Crippen LogP contribution is -2.49. The lowest BCUT2D eigenvalue weighted by molar-refractivity contribution is 0.475. The third-order valence-corrected chi connectivity index (χ3v) is 18.1. The van der Waals surface area contributed by atoms with Gasteiger partial charge in [0.1, 0.15) is 8.07 Å². The number of hydrogen-bond donors (Lipinski definition) is 1. The molecule has 0 spiro atoms. The van der Waals surface area contributed by atoms with Crippen molar-refractivity contribution in [1.82, 2.24) is 9.88 Å². The molecule has 4 nitrogen and oxygen atoms in total. The Bertz CT molecular complexity index is 3880. The molecule has 0 amide bonds. The molecule has 11 aromatic rings. The number of benzene rings is 10. The van der Waals surface area contributed by atoms with E-state index in [1.54, 1.807) is 10.4 Å². The van der Waals surface area contributed by atoms with Crippen molar-refractivity contribution in [2.45, 2.75) is 19.1 Å². The number of fused-ring (bicyclic) bond motifs is 11. The molecule has 1 atom stereocenters. The molecule has 0 saturated heterocycles. The van der Waals surface area contributed by atoms with E-state index in [-0.39, 0.29) is 6.04 Å². The summed E-state index contributed by atoms with van der Waals surface area (Å²) < 4.78 is 9.38. The molecule has 66 heavy (non-hydrogen) atoms. The van der Waals surface area contributed by atoms with Crippen LogP contribution in [0.3, 0.4) is 0 Å². The predicted molar refractivity (Wildman–Crippen MR) is 279 cm³/mol. The second-order valence-corrected chi connectivity index (χ2v) is 23.0. The molecule has 0 radical (unpaired) electrons. The van der Waals surface area contributed by atoms with Gasteiger partial charge in [0.25, 0.3) is 0 Å². The Kier molecular flexibility index (Phi) is 7.87. The van der Waals surface area contributed by atoms with E-state index < -0.39 is 8.07 Å². The standard InChI is InChI=1S/C61H43N3OSi/c1-66(2)59-19-11-9-17-50(59)52-34-44-30-39-20-24-47(32-43(39)31-45(44)37-60(52)66)64-53-18-10-8-16-49(53)51-33-40(21-25-54(51)64)41-22-26-55-57(35-41)65-58-36-42(61-48-15-7-6-12-38(48)28-29-62-61)23-27-56(58)63(55)46-13-4-3-5-14-46/h3-37,61-62H,1-2H3. The van der Waals surface area contributed by atoms with Gasteiger partial charge in [0.2, 0.25) is 0 Å². The van der Waals surface area contributed by atoms with Crippen molar-refractivity contribution in [3.63, 3.8) is 0 Å². The zero-order valence-electron chi connectivity index (χ0n) is 36.6. The Morgan fingerprint density at radius 2 is 1.20 bits per heavy atom. The topological polar surface area (TPSA) is 29.4 Å². The van der Waals surface area contributed by atoms with Crippen LogP contribution in [0.2, 0.25) is 13.1 Å². The third kappa shape index (κ3) is 5.50. The SMILES string of the molecule is C[Si]1(C)c2ccccc2-c2cc3cc4ccc(-n5c6ccccc6c6cc(-c7ccc8c(c7)Oc7cc(C9NC=Cc%10ccccc%109)ccc7N8c7ccccc7)ccc65)cc4cc3cc21. The quantitative estimate of drug-likeness (QED) is 0.141. The maximum Gasteiger partial charge on any atom is 0.152 e. The fraction of sp³-hybridized carbons (Fsp3) is 0.0492. The van der Waals surface area contributed by atoms with Crippen molar-refractivity contribution in [3.05, 3.63) is 223 Å². The van der Waals surface area contributed by atoms with Crippen molar-refractivity contribution in [1.29, 1.82) is 0 Å². The molecule has 1 unspecified atom stereocenters. The van der Waals surface area contributed by atoms with Crippen molar-refractivity contribution in [2.24, 2.45) is 0 Å². The molecule has 0 bridgehead atoms. The minimum Gasteiger partial charge on any atom is -0.453 e. The van der Waals surface area contributed by atoms with Crippen LogP contribution in [0.1, 0.15) is 22.7 Å². The van der Waals surface area contributed by atoms with E-state index in [0.29, 0.717) is 0 Å². The fourth-order valence-corrected chi connectivity index (χ4v) is 14.4. The molecule has 312 valence electrons. The van der Waals surface area contributed by atoms with Gasteiger partial charge in [0.05, 0.1) is 28.5 Å². The summed E-state index contributed by atoms with van der Waals surface area (Å²) in [6.07, 6.45) is 4.19. The fourth-order valence-electron chi connectivity index (χ4n) is 11.3. The molecule has 5 heteroatoms. The van der Waals surface area contributed by atoms with Crippen molar-refractivity contribution in [2.75, 3.05) is 4.90 Å². The summed E-state index contributed by atoms with van der Waals surface area (Å²) in [6, 6.07) is 74.0. The van der Waals surface area contributed by atoms with E-state index in [1.807, 2.05) is 6.20 Å². The number of rotatable bonds is 4. The van der Waals surface area contributed by atoms with Gasteiger partial charge in [-0.05, 0) is 168 Å². The van der Waals surface area contributed by atoms with Gasteiger partial charge in [-0.3, -0.25) is 0 Å². The van der Waals surface area contributed by atoms with Crippen LogP contribution < -0.4 is 25.3 Å². The number of ether oxygens (including phenoxy) is 1. The maximum atomic E-state index is 6.95. The van der Waals surface area contributed by atoms with Crippen LogP contribution >= 0.6 is 0 Å². The van der Waals surface area contributed by atoms with Crippen molar-refractivity contribution >= 4 is 84.9 Å². The van der Waals surface area contributed by atoms with Crippen LogP contribution in [0.25, 0.3) is 77.4 Å². The van der Waals surface area contributed by atoms with Crippen molar-refractivity contribution in [3.8, 4) is 39.4 Å². The molecule has 0 aliphatic carbocycles. The largest absolute Gasteiger partial charge is 0.453 e. The van der Waals surface area contributed by atoms with Crippen LogP contribution in [0.15, 0.2) is 206 Å². The molecule has 1 N–H and O–H groups in total. The average molecular weight is 862 g/mol. The molecule has 0 saturated carbocycles. The molecule has 4 heterocycles. The summed E-state index contributed by atoms with van der Waals surface area (Å²) in [5, 5.41) is 14.3. The highest BCUT2D eigenvalue weighted by Crippen LogP contribution is 2.52. The van der Waals surface area contributed by atoms with E-state index >= 15 is 0 Å². The van der Waals surface area contributed by atoms with Gasteiger partial charge >= 0.3 is 0 Å². The number of anilines is 3. The summed E-state index contributed by atoms with van der Waals surface area (Å²) in [5.41, 5.74) is 15.4. The van der Waals surface area contributed by atoms with Gasteiger partial charge in [-0.1, -0.05) is 128 Å². The number of nitrogens with zero attached hydrogens (tertiary/aromatic N) is 2. The first-order valence-corrected chi connectivity index (χ1v) is 25.9. The predicted octanol–water partition coefficient (Wildman–Crippen LogP) is 14.8. The summed E-state index contributed by atoms with van der Waals surface area (Å²) in [7, 11) is -1.79. The van der Waals surface area contributed by atoms with Crippen LogP contribution in [0.5, 0.6) is 11.5 Å². The van der Waals surface area contributed by atoms with Crippen LogP contribution in [0.4, 0.5) is 17.1 Å². The second-order valence-electron chi connectivity index (χ2n) is 18.6. The molecule has 3 aliphatic rings. The maximum absolute atomic E-state index is 6.95. The molecule has 0 fully saturated rings. The van der Waals surface area contributed by atoms with E-state index in [0.717, 1.165) is 50.9 Å². The minimum atomic E-state index is -1.79. The zero-order valence-corrected chi connectivity index (χ0v) is 37.6. The highest BCUT2D eigenvalue weighted by Gasteiger charge is 2.37. The summed E-state index contributed by atoms with van der Waals surface area (Å²) >= 11 is 0.